The second kappa shape index (κ2) is 10.4. The Bertz CT molecular complexity index is 1470. The van der Waals surface area contributed by atoms with Crippen molar-refractivity contribution in [3.63, 3.8) is 0 Å². The molecule has 7 nitrogen and oxygen atoms in total. The van der Waals surface area contributed by atoms with Gasteiger partial charge in [-0.2, -0.15) is 5.10 Å². The Morgan fingerprint density at radius 2 is 1.95 bits per heavy atom. The quantitative estimate of drug-likeness (QED) is 0.316. The van der Waals surface area contributed by atoms with E-state index in [1.54, 1.807) is 11.3 Å². The molecular formula is C30H34N6OS. The van der Waals surface area contributed by atoms with Gasteiger partial charge in [0.25, 0.3) is 0 Å². The van der Waals surface area contributed by atoms with Crippen molar-refractivity contribution in [3.05, 3.63) is 81.7 Å². The number of benzene rings is 2. The molecular weight excluding hydrogens is 492 g/mol. The summed E-state index contributed by atoms with van der Waals surface area (Å²) in [4.78, 5) is 21.1. The first-order valence-electron chi connectivity index (χ1n) is 13.2. The lowest BCUT2D eigenvalue weighted by Crippen LogP contribution is -2.43. The number of aromatic amines is 1. The lowest BCUT2D eigenvalue weighted by Gasteiger charge is -2.32. The van der Waals surface area contributed by atoms with E-state index in [0.717, 1.165) is 66.7 Å². The number of hydrogen-bond acceptors (Lipinski definition) is 6. The fourth-order valence-electron chi connectivity index (χ4n) is 5.58. The number of anilines is 1. The minimum absolute atomic E-state index is 0.181. The van der Waals surface area contributed by atoms with Crippen LogP contribution in [0, 0.1) is 6.92 Å². The summed E-state index contributed by atoms with van der Waals surface area (Å²) in [7, 11) is 2.20. The number of likely N-dealkylation sites (N-methyl/N-ethyl adjacent to an activating group) is 1. The average Bonchev–Trinajstić information content (AvgIpc) is 3.60. The molecule has 2 aromatic carbocycles. The number of carbonyl (C=O) groups excluding carboxylic acids is 1. The molecule has 0 atom stereocenters. The molecule has 0 saturated carbocycles. The summed E-state index contributed by atoms with van der Waals surface area (Å²) < 4.78 is 0. The summed E-state index contributed by atoms with van der Waals surface area (Å²) >= 11 is 1.73. The lowest BCUT2D eigenvalue weighted by atomic mass is 10.0. The Balaban J connectivity index is 1.19. The van der Waals surface area contributed by atoms with Crippen molar-refractivity contribution in [1.29, 1.82) is 0 Å². The van der Waals surface area contributed by atoms with Gasteiger partial charge < -0.3 is 15.5 Å². The Labute approximate surface area is 227 Å². The number of primary amides is 1. The van der Waals surface area contributed by atoms with Crippen LogP contribution >= 0.6 is 11.3 Å². The van der Waals surface area contributed by atoms with Crippen molar-refractivity contribution in [3.8, 4) is 21.8 Å². The van der Waals surface area contributed by atoms with Gasteiger partial charge in [0, 0.05) is 60.8 Å². The summed E-state index contributed by atoms with van der Waals surface area (Å²) in [6.07, 6.45) is 0.900. The van der Waals surface area contributed by atoms with E-state index in [2.05, 4.69) is 71.3 Å². The van der Waals surface area contributed by atoms with E-state index in [4.69, 9.17) is 10.8 Å². The maximum absolute atomic E-state index is 11.8. The van der Waals surface area contributed by atoms with Gasteiger partial charge >= 0.3 is 0 Å². The van der Waals surface area contributed by atoms with Gasteiger partial charge in [0.15, 0.2) is 0 Å². The number of nitrogens with one attached hydrogen (secondary N) is 1. The van der Waals surface area contributed by atoms with Gasteiger partial charge in [-0.1, -0.05) is 30.3 Å². The van der Waals surface area contributed by atoms with Crippen LogP contribution in [0.5, 0.6) is 0 Å². The molecule has 0 bridgehead atoms. The summed E-state index contributed by atoms with van der Waals surface area (Å²) in [5.74, 6) is -0.335. The molecule has 1 aliphatic carbocycles. The zero-order chi connectivity index (χ0) is 26.2. The molecule has 196 valence electrons. The van der Waals surface area contributed by atoms with Gasteiger partial charge in [-0.05, 0) is 54.9 Å². The average molecular weight is 527 g/mol. The van der Waals surface area contributed by atoms with Crippen LogP contribution in [0.4, 0.5) is 5.69 Å². The topological polar surface area (TPSA) is 81.5 Å². The summed E-state index contributed by atoms with van der Waals surface area (Å²) in [6.45, 7) is 8.40. The van der Waals surface area contributed by atoms with Crippen LogP contribution in [-0.2, 0) is 24.3 Å². The van der Waals surface area contributed by atoms with Gasteiger partial charge in [-0.3, -0.25) is 14.8 Å². The predicted octanol–water partition coefficient (Wildman–Crippen LogP) is 4.26. The molecule has 1 aliphatic heterocycles. The largest absolute Gasteiger partial charge is 0.368 e. The normalized spacial score (nSPS) is 15.4. The fraction of sp³-hybridized carbons (Fsp3) is 0.333. The van der Waals surface area contributed by atoms with Gasteiger partial charge in [0.1, 0.15) is 5.69 Å². The van der Waals surface area contributed by atoms with E-state index < -0.39 is 0 Å². The molecule has 3 heterocycles. The number of hydrogen-bond donors (Lipinski definition) is 2. The van der Waals surface area contributed by atoms with E-state index in [-0.39, 0.29) is 12.5 Å². The second-order valence-corrected chi connectivity index (χ2v) is 11.8. The maximum atomic E-state index is 11.8. The first kappa shape index (κ1) is 24.9. The number of nitrogens with zero attached hydrogens (tertiary/aromatic N) is 4. The number of fused-ring (bicyclic) bond motifs is 3. The molecule has 6 rings (SSSR count). The van der Waals surface area contributed by atoms with Crippen LogP contribution in [-0.4, -0.2) is 65.7 Å². The third-order valence-corrected chi connectivity index (χ3v) is 8.71. The highest BCUT2D eigenvalue weighted by molar-refractivity contribution is 7.15. The van der Waals surface area contributed by atoms with Crippen LogP contribution in [0.3, 0.4) is 0 Å². The maximum Gasteiger partial charge on any atom is 0.236 e. The predicted molar refractivity (Wildman–Crippen MR) is 154 cm³/mol. The van der Waals surface area contributed by atoms with Crippen LogP contribution in [0.25, 0.3) is 21.8 Å². The zero-order valence-corrected chi connectivity index (χ0v) is 22.9. The SMILES string of the molecule is Cc1cccc(N(CC(N)=O)Cc2ccc(-c3n[nH]c4c3Cc3cc(CN5CCN(C)CC5)ccc3-4)s2)c1. The first-order valence-corrected chi connectivity index (χ1v) is 14.0. The summed E-state index contributed by atoms with van der Waals surface area (Å²) in [5.41, 5.74) is 15.2. The molecule has 0 spiro atoms. The standard InChI is InChI=1S/C30H34N6OS/c1-20-4-3-5-23(14-20)36(19-28(31)37)18-24-7-9-27(38-24)30-26-16-22-15-21(6-8-25(22)29(26)32-33-30)17-35-12-10-34(2)11-13-35/h3-9,14-15H,10-13,16-19H2,1-2H3,(H2,31,37)(H,32,33). The molecule has 38 heavy (non-hydrogen) atoms. The van der Waals surface area contributed by atoms with Crippen LogP contribution in [0.2, 0.25) is 0 Å². The number of nitrogens with two attached hydrogens (primary N) is 1. The van der Waals surface area contributed by atoms with Gasteiger partial charge in [-0.25, -0.2) is 0 Å². The number of H-pyrrole nitrogens is 1. The van der Waals surface area contributed by atoms with E-state index in [1.165, 1.54) is 27.1 Å². The summed E-state index contributed by atoms with van der Waals surface area (Å²) in [6, 6.07) is 19.4. The van der Waals surface area contributed by atoms with Crippen LogP contribution in [0.1, 0.15) is 27.1 Å². The molecule has 1 saturated heterocycles. The van der Waals surface area contributed by atoms with Crippen molar-refractivity contribution in [2.24, 2.45) is 5.73 Å². The number of amides is 1. The van der Waals surface area contributed by atoms with Crippen molar-refractivity contribution >= 4 is 22.9 Å². The minimum Gasteiger partial charge on any atom is -0.368 e. The minimum atomic E-state index is -0.335. The zero-order valence-electron chi connectivity index (χ0n) is 22.0. The third-order valence-electron chi connectivity index (χ3n) is 7.63. The number of piperazine rings is 1. The van der Waals surface area contributed by atoms with E-state index in [0.29, 0.717) is 6.54 Å². The first-order chi connectivity index (χ1) is 18.4. The number of aromatic nitrogens is 2. The number of rotatable bonds is 8. The highest BCUT2D eigenvalue weighted by Crippen LogP contribution is 2.42. The molecule has 1 fully saturated rings. The molecule has 4 aromatic rings. The van der Waals surface area contributed by atoms with E-state index in [9.17, 15) is 4.79 Å². The highest BCUT2D eigenvalue weighted by atomic mass is 32.1. The molecule has 0 unspecified atom stereocenters. The molecule has 2 aromatic heterocycles. The van der Waals surface area contributed by atoms with E-state index in [1.807, 2.05) is 17.0 Å². The molecule has 3 N–H and O–H groups in total. The van der Waals surface area contributed by atoms with Crippen molar-refractivity contribution in [2.75, 3.05) is 44.7 Å². The lowest BCUT2D eigenvalue weighted by molar-refractivity contribution is -0.116. The Morgan fingerprint density at radius 1 is 1.11 bits per heavy atom. The highest BCUT2D eigenvalue weighted by Gasteiger charge is 2.26. The second-order valence-electron chi connectivity index (χ2n) is 10.6. The third kappa shape index (κ3) is 5.12. The molecule has 8 heteroatoms. The van der Waals surface area contributed by atoms with E-state index >= 15 is 0 Å². The van der Waals surface area contributed by atoms with Crippen molar-refractivity contribution in [2.45, 2.75) is 26.4 Å². The molecule has 1 amide bonds. The van der Waals surface area contributed by atoms with Crippen molar-refractivity contribution in [1.82, 2.24) is 20.0 Å². The molecule has 2 aliphatic rings. The van der Waals surface area contributed by atoms with Gasteiger partial charge in [0.05, 0.1) is 23.7 Å². The van der Waals surface area contributed by atoms with Gasteiger partial charge in [0.2, 0.25) is 5.91 Å². The molecule has 0 radical (unpaired) electrons. The van der Waals surface area contributed by atoms with Crippen molar-refractivity contribution < 1.29 is 4.79 Å². The Morgan fingerprint density at radius 3 is 2.74 bits per heavy atom. The number of aryl methyl sites for hydroxylation is 1. The van der Waals surface area contributed by atoms with Crippen LogP contribution in [0.15, 0.2) is 54.6 Å². The fourth-order valence-corrected chi connectivity index (χ4v) is 6.62. The smallest absolute Gasteiger partial charge is 0.236 e. The Kier molecular flexibility index (Phi) is 6.78. The van der Waals surface area contributed by atoms with Gasteiger partial charge in [-0.15, -0.1) is 11.3 Å². The monoisotopic (exact) mass is 526 g/mol. The number of carbonyl (C=O) groups is 1. The number of thiophene rings is 1. The summed E-state index contributed by atoms with van der Waals surface area (Å²) in [5, 5.41) is 8.05. The van der Waals surface area contributed by atoms with Crippen LogP contribution < -0.4 is 10.6 Å². The Hall–Kier alpha value is -3.46.